The minimum Gasteiger partial charge on any atom is -0.493 e. The summed E-state index contributed by atoms with van der Waals surface area (Å²) in [5.74, 6) is 0.0531. The number of nitrogens with zero attached hydrogens (tertiary/aromatic N) is 4. The number of rotatable bonds is 10. The molecule has 1 aliphatic rings. The Balaban J connectivity index is 1.54. The topological polar surface area (TPSA) is 117 Å². The summed E-state index contributed by atoms with van der Waals surface area (Å²) in [6.07, 6.45) is -1.41. The lowest BCUT2D eigenvalue weighted by Crippen LogP contribution is -2.44. The smallest absolute Gasteiger partial charge is 0.302 e. The first kappa shape index (κ1) is 27.9. The van der Waals surface area contributed by atoms with Crippen LogP contribution >= 0.6 is 0 Å². The number of amides is 1. The number of benzene rings is 2. The van der Waals surface area contributed by atoms with Gasteiger partial charge in [-0.15, -0.1) is 10.2 Å². The summed E-state index contributed by atoms with van der Waals surface area (Å²) in [6.45, 7) is 3.09. The molecule has 1 fully saturated rings. The Morgan fingerprint density at radius 1 is 1.13 bits per heavy atom. The van der Waals surface area contributed by atoms with E-state index >= 15 is 0 Å². The van der Waals surface area contributed by atoms with Gasteiger partial charge in [0.1, 0.15) is 12.7 Å². The quantitative estimate of drug-likeness (QED) is 0.381. The third-order valence-corrected chi connectivity index (χ3v) is 6.57. The van der Waals surface area contributed by atoms with Crippen molar-refractivity contribution in [2.45, 2.75) is 64.1 Å². The van der Waals surface area contributed by atoms with Gasteiger partial charge in [0.15, 0.2) is 11.5 Å². The van der Waals surface area contributed by atoms with Gasteiger partial charge >= 0.3 is 5.97 Å². The van der Waals surface area contributed by atoms with Crippen molar-refractivity contribution in [3.05, 3.63) is 53.6 Å². The van der Waals surface area contributed by atoms with Crippen LogP contribution in [0.1, 0.15) is 54.9 Å². The van der Waals surface area contributed by atoms with Crippen LogP contribution in [0.15, 0.2) is 42.5 Å². The molecule has 2 aromatic carbocycles. The van der Waals surface area contributed by atoms with Gasteiger partial charge in [0.05, 0.1) is 13.7 Å². The van der Waals surface area contributed by atoms with Gasteiger partial charge < -0.3 is 19.5 Å². The van der Waals surface area contributed by atoms with Crippen molar-refractivity contribution in [3.8, 4) is 22.9 Å². The monoisotopic (exact) mass is 543 g/mol. The molecular weight excluding hydrogens is 512 g/mol. The van der Waals surface area contributed by atoms with Gasteiger partial charge in [-0.05, 0) is 61.2 Å². The lowest BCUT2D eigenvalue weighted by molar-refractivity contribution is -0.148. The molecule has 1 amide bonds. The van der Waals surface area contributed by atoms with E-state index < -0.39 is 13.0 Å². The van der Waals surface area contributed by atoms with Crippen LogP contribution < -0.4 is 14.8 Å². The highest BCUT2D eigenvalue weighted by molar-refractivity contribution is 5.94. The minimum atomic E-state index is -2.64. The van der Waals surface area contributed by atoms with E-state index in [1.807, 2.05) is 6.92 Å². The number of hydrogen-bond acceptors (Lipinski definition) is 8. The van der Waals surface area contributed by atoms with Crippen LogP contribution in [0.3, 0.4) is 0 Å². The summed E-state index contributed by atoms with van der Waals surface area (Å²) in [6, 6.07) is 11.7. The summed E-state index contributed by atoms with van der Waals surface area (Å²) in [5.41, 5.74) is 1.95. The molecule has 12 heteroatoms. The van der Waals surface area contributed by atoms with Crippen molar-refractivity contribution < 1.29 is 32.6 Å². The largest absolute Gasteiger partial charge is 0.493 e. The maximum Gasteiger partial charge on any atom is 0.302 e. The number of aromatic nitrogens is 4. The predicted octanol–water partition coefficient (Wildman–Crippen LogP) is 4.01. The van der Waals surface area contributed by atoms with Crippen LogP contribution in [0.2, 0.25) is 0 Å². The number of tetrazole rings is 1. The fourth-order valence-corrected chi connectivity index (χ4v) is 4.72. The third-order valence-electron chi connectivity index (χ3n) is 6.57. The predicted molar refractivity (Wildman–Crippen MR) is 137 cm³/mol. The van der Waals surface area contributed by atoms with Crippen LogP contribution in [0.4, 0.5) is 8.78 Å². The molecule has 208 valence electrons. The lowest BCUT2D eigenvalue weighted by atomic mass is 9.78. The van der Waals surface area contributed by atoms with Crippen molar-refractivity contribution in [1.29, 1.82) is 0 Å². The van der Waals surface area contributed by atoms with Gasteiger partial charge in [0.25, 0.3) is 12.3 Å². The number of alkyl halides is 2. The Labute approximate surface area is 224 Å². The van der Waals surface area contributed by atoms with E-state index in [0.29, 0.717) is 42.9 Å². The summed E-state index contributed by atoms with van der Waals surface area (Å²) >= 11 is 0. The molecule has 1 saturated carbocycles. The number of methoxy groups -OCH3 is 1. The van der Waals surface area contributed by atoms with Gasteiger partial charge in [-0.25, -0.2) is 8.78 Å². The zero-order valence-electron chi connectivity index (χ0n) is 22.0. The normalized spacial score (nSPS) is 19.0. The molecule has 4 rings (SSSR count). The highest BCUT2D eigenvalue weighted by Crippen LogP contribution is 2.39. The fraction of sp³-hybridized carbons (Fsp3) is 0.444. The number of ether oxygens (including phenoxy) is 3. The Hall–Kier alpha value is -4.09. The molecule has 0 saturated heterocycles. The van der Waals surface area contributed by atoms with E-state index in [0.717, 1.165) is 11.1 Å². The van der Waals surface area contributed by atoms with E-state index in [-0.39, 0.29) is 35.7 Å². The molecule has 39 heavy (non-hydrogen) atoms. The van der Waals surface area contributed by atoms with Crippen molar-refractivity contribution >= 4 is 11.9 Å². The van der Waals surface area contributed by atoms with Crippen molar-refractivity contribution in [3.63, 3.8) is 0 Å². The number of aryl methyl sites for hydroxylation is 1. The van der Waals surface area contributed by atoms with Crippen molar-refractivity contribution in [1.82, 2.24) is 25.5 Å². The third kappa shape index (κ3) is 7.06. The zero-order chi connectivity index (χ0) is 27.9. The summed E-state index contributed by atoms with van der Waals surface area (Å²) in [4.78, 5) is 26.3. The van der Waals surface area contributed by atoms with E-state index in [4.69, 9.17) is 14.2 Å². The molecule has 3 aromatic rings. The molecule has 0 bridgehead atoms. The molecule has 10 nitrogen and oxygen atoms in total. The van der Waals surface area contributed by atoms with Crippen molar-refractivity contribution in [2.24, 2.45) is 0 Å². The number of carbonyl (C=O) groups is 2. The van der Waals surface area contributed by atoms with Gasteiger partial charge in [0, 0.05) is 30.0 Å². The Kier molecular flexibility index (Phi) is 9.05. The first-order chi connectivity index (χ1) is 18.8. The highest BCUT2D eigenvalue weighted by Gasteiger charge is 2.35. The van der Waals surface area contributed by atoms with Crippen LogP contribution in [-0.4, -0.2) is 64.4 Å². The molecule has 0 spiro atoms. The zero-order valence-corrected chi connectivity index (χ0v) is 22.0. The first-order valence-electron chi connectivity index (χ1n) is 12.7. The van der Waals surface area contributed by atoms with E-state index in [2.05, 4.69) is 20.7 Å². The van der Waals surface area contributed by atoms with E-state index in [1.165, 1.54) is 18.8 Å². The average Bonchev–Trinajstić information content (AvgIpc) is 3.42. The molecule has 1 aromatic heterocycles. The molecule has 0 radical (unpaired) electrons. The molecular formula is C27H31F2N5O5. The second kappa shape index (κ2) is 12.6. The van der Waals surface area contributed by atoms with Gasteiger partial charge in [-0.1, -0.05) is 18.2 Å². The fourth-order valence-electron chi connectivity index (χ4n) is 4.72. The van der Waals surface area contributed by atoms with Gasteiger partial charge in [-0.2, -0.15) is 4.80 Å². The number of nitrogens with one attached hydrogen (secondary N) is 1. The SMILES string of the molecule is CCn1nnc(-c2ccc(C(=O)N[C@@H]3CC[C@@H](OC(C)=O)C[C@@H]3c3ccc(OC)c(OCC(F)F)c3)cc2)n1. The van der Waals surface area contributed by atoms with Gasteiger partial charge in [-0.3, -0.25) is 9.59 Å². The molecule has 0 aliphatic heterocycles. The van der Waals surface area contributed by atoms with Crippen LogP contribution in [-0.2, 0) is 16.1 Å². The van der Waals surface area contributed by atoms with E-state index in [9.17, 15) is 18.4 Å². The Morgan fingerprint density at radius 2 is 1.90 bits per heavy atom. The molecule has 1 heterocycles. The number of halogens is 2. The second-order valence-corrected chi connectivity index (χ2v) is 9.22. The molecule has 1 N–H and O–H groups in total. The van der Waals surface area contributed by atoms with Crippen LogP contribution in [0, 0.1) is 0 Å². The minimum absolute atomic E-state index is 0.180. The molecule has 1 aliphatic carbocycles. The Morgan fingerprint density at radius 3 is 2.54 bits per heavy atom. The van der Waals surface area contributed by atoms with Gasteiger partial charge in [0.2, 0.25) is 5.82 Å². The lowest BCUT2D eigenvalue weighted by Gasteiger charge is -2.36. The number of hydrogen-bond donors (Lipinski definition) is 1. The number of carbonyl (C=O) groups excluding carboxylic acids is 2. The molecule has 3 atom stereocenters. The van der Waals surface area contributed by atoms with Crippen molar-refractivity contribution in [2.75, 3.05) is 13.7 Å². The Bertz CT molecular complexity index is 1280. The average molecular weight is 544 g/mol. The van der Waals surface area contributed by atoms with Crippen LogP contribution in [0.5, 0.6) is 11.5 Å². The van der Waals surface area contributed by atoms with Crippen LogP contribution in [0.25, 0.3) is 11.4 Å². The highest BCUT2D eigenvalue weighted by atomic mass is 19.3. The number of esters is 1. The standard InChI is InChI=1S/C27H31F2N5O5/c1-4-34-32-26(31-33-34)17-5-7-18(8-6-17)27(36)30-22-11-10-20(39-16(2)35)14-21(22)19-9-12-23(37-3)24(13-19)38-15-25(28)29/h5-9,12-13,20-22,25H,4,10-11,14-15H2,1-3H3,(H,30,36)/t20-,21-,22-/m1/s1. The second-order valence-electron chi connectivity index (χ2n) is 9.22. The maximum atomic E-state index is 13.2. The summed E-state index contributed by atoms with van der Waals surface area (Å²) in [5, 5.41) is 15.4. The first-order valence-corrected chi connectivity index (χ1v) is 12.7. The molecule has 0 unspecified atom stereocenters. The summed E-state index contributed by atoms with van der Waals surface area (Å²) < 4.78 is 41.7. The maximum absolute atomic E-state index is 13.2. The summed E-state index contributed by atoms with van der Waals surface area (Å²) in [7, 11) is 1.43. The van der Waals surface area contributed by atoms with E-state index in [1.54, 1.807) is 42.5 Å².